The van der Waals surface area contributed by atoms with Crippen LogP contribution in [0.2, 0.25) is 0 Å². The Bertz CT molecular complexity index is 575. The van der Waals surface area contributed by atoms with Gasteiger partial charge in [-0.2, -0.15) is 0 Å². The Labute approximate surface area is 113 Å². The van der Waals surface area contributed by atoms with Gasteiger partial charge >= 0.3 is 0 Å². The predicted octanol–water partition coefficient (Wildman–Crippen LogP) is 2.88. The lowest BCUT2D eigenvalue weighted by Crippen LogP contribution is -2.07. The lowest BCUT2D eigenvalue weighted by Gasteiger charge is -2.15. The lowest BCUT2D eigenvalue weighted by molar-refractivity contribution is 0.175. The summed E-state index contributed by atoms with van der Waals surface area (Å²) in [6.45, 7) is 5.76. The van der Waals surface area contributed by atoms with Crippen molar-refractivity contribution in [2.24, 2.45) is 0 Å². The van der Waals surface area contributed by atoms with Crippen LogP contribution in [-0.2, 0) is 6.42 Å². The first kappa shape index (κ1) is 13.6. The van der Waals surface area contributed by atoms with E-state index in [4.69, 9.17) is 9.15 Å². The van der Waals surface area contributed by atoms with Crippen LogP contribution in [0, 0.1) is 20.8 Å². The molecule has 1 unspecified atom stereocenters. The number of aromatic nitrogens is 1. The fraction of sp³-hybridized carbons (Fsp3) is 0.400. The van der Waals surface area contributed by atoms with Crippen LogP contribution in [0.3, 0.4) is 0 Å². The minimum atomic E-state index is -0.614. The number of aryl methyl sites for hydroxylation is 2. The fourth-order valence-electron chi connectivity index (χ4n) is 2.31. The van der Waals surface area contributed by atoms with Crippen LogP contribution in [0.5, 0.6) is 5.75 Å². The number of pyridine rings is 1. The van der Waals surface area contributed by atoms with Crippen LogP contribution in [0.15, 0.2) is 22.9 Å². The zero-order valence-electron chi connectivity index (χ0n) is 11.7. The molecule has 1 atom stereocenters. The Morgan fingerprint density at radius 1 is 1.37 bits per heavy atom. The minimum absolute atomic E-state index is 0.447. The average Bonchev–Trinajstić information content (AvgIpc) is 2.80. The van der Waals surface area contributed by atoms with Crippen LogP contribution in [0.25, 0.3) is 0 Å². The average molecular weight is 261 g/mol. The van der Waals surface area contributed by atoms with Gasteiger partial charge in [0.2, 0.25) is 0 Å². The van der Waals surface area contributed by atoms with Gasteiger partial charge in [-0.3, -0.25) is 4.98 Å². The smallest absolute Gasteiger partial charge is 0.128 e. The number of hydrogen-bond acceptors (Lipinski definition) is 4. The summed E-state index contributed by atoms with van der Waals surface area (Å²) in [6.07, 6.45) is 3.19. The summed E-state index contributed by atoms with van der Waals surface area (Å²) < 4.78 is 10.6. The molecule has 2 heterocycles. The van der Waals surface area contributed by atoms with E-state index in [2.05, 4.69) is 4.98 Å². The molecule has 0 aliphatic heterocycles. The fourth-order valence-corrected chi connectivity index (χ4v) is 2.31. The highest BCUT2D eigenvalue weighted by Crippen LogP contribution is 2.28. The summed E-state index contributed by atoms with van der Waals surface area (Å²) in [7, 11) is 1.65. The molecule has 0 fully saturated rings. The summed E-state index contributed by atoms with van der Waals surface area (Å²) in [6, 6.07) is 1.79. The number of nitrogens with zero attached hydrogens (tertiary/aromatic N) is 1. The molecule has 0 aliphatic carbocycles. The Hall–Kier alpha value is -1.81. The topological polar surface area (TPSA) is 55.5 Å². The highest BCUT2D eigenvalue weighted by atomic mass is 16.5. The van der Waals surface area contributed by atoms with Crippen molar-refractivity contribution < 1.29 is 14.3 Å². The second kappa shape index (κ2) is 5.45. The minimum Gasteiger partial charge on any atom is -0.496 e. The van der Waals surface area contributed by atoms with Crippen molar-refractivity contribution in [3.05, 3.63) is 46.7 Å². The third-order valence-electron chi connectivity index (χ3n) is 3.39. The van der Waals surface area contributed by atoms with Gasteiger partial charge < -0.3 is 14.3 Å². The first-order chi connectivity index (χ1) is 9.04. The molecule has 0 spiro atoms. The van der Waals surface area contributed by atoms with Crippen LogP contribution in [-0.4, -0.2) is 17.2 Å². The number of aliphatic hydroxyl groups is 1. The number of ether oxygens (including phenoxy) is 1. The predicted molar refractivity (Wildman–Crippen MR) is 72.4 cm³/mol. The monoisotopic (exact) mass is 261 g/mol. The van der Waals surface area contributed by atoms with Gasteiger partial charge in [0.25, 0.3) is 0 Å². The van der Waals surface area contributed by atoms with E-state index < -0.39 is 6.10 Å². The van der Waals surface area contributed by atoms with Crippen molar-refractivity contribution in [3.8, 4) is 5.75 Å². The summed E-state index contributed by atoms with van der Waals surface area (Å²) in [4.78, 5) is 4.40. The van der Waals surface area contributed by atoms with Gasteiger partial charge in [-0.05, 0) is 26.8 Å². The molecule has 4 nitrogen and oxygen atoms in total. The Morgan fingerprint density at radius 3 is 2.68 bits per heavy atom. The van der Waals surface area contributed by atoms with Gasteiger partial charge in [0, 0.05) is 35.0 Å². The zero-order chi connectivity index (χ0) is 14.0. The molecule has 0 saturated carbocycles. The van der Waals surface area contributed by atoms with E-state index >= 15 is 0 Å². The van der Waals surface area contributed by atoms with E-state index in [0.717, 1.165) is 33.9 Å². The third-order valence-corrected chi connectivity index (χ3v) is 3.39. The lowest BCUT2D eigenvalue weighted by atomic mass is 10.0. The zero-order valence-corrected chi connectivity index (χ0v) is 11.7. The molecule has 19 heavy (non-hydrogen) atoms. The molecule has 0 radical (unpaired) electrons. The van der Waals surface area contributed by atoms with Crippen LogP contribution >= 0.6 is 0 Å². The Balaban J connectivity index is 2.27. The van der Waals surface area contributed by atoms with E-state index in [0.29, 0.717) is 6.42 Å². The molecule has 2 rings (SSSR count). The van der Waals surface area contributed by atoms with Crippen LogP contribution in [0.4, 0.5) is 0 Å². The normalized spacial score (nSPS) is 12.5. The summed E-state index contributed by atoms with van der Waals surface area (Å²) >= 11 is 0. The van der Waals surface area contributed by atoms with Crippen molar-refractivity contribution in [1.82, 2.24) is 4.98 Å². The molecule has 0 bridgehead atoms. The van der Waals surface area contributed by atoms with Crippen molar-refractivity contribution >= 4 is 0 Å². The number of hydrogen-bond donors (Lipinski definition) is 1. The Morgan fingerprint density at radius 2 is 2.11 bits per heavy atom. The van der Waals surface area contributed by atoms with Gasteiger partial charge in [0.05, 0.1) is 19.5 Å². The van der Waals surface area contributed by atoms with Gasteiger partial charge in [-0.1, -0.05) is 0 Å². The van der Waals surface area contributed by atoms with Crippen LogP contribution in [0.1, 0.15) is 34.2 Å². The first-order valence-electron chi connectivity index (χ1n) is 6.25. The molecule has 0 saturated heterocycles. The summed E-state index contributed by atoms with van der Waals surface area (Å²) in [5.74, 6) is 1.57. The first-order valence-corrected chi connectivity index (χ1v) is 6.25. The molecule has 1 N–H and O–H groups in total. The van der Waals surface area contributed by atoms with E-state index in [1.807, 2.05) is 20.8 Å². The van der Waals surface area contributed by atoms with Crippen molar-refractivity contribution in [2.45, 2.75) is 33.3 Å². The number of rotatable bonds is 4. The number of aliphatic hydroxyl groups excluding tert-OH is 1. The van der Waals surface area contributed by atoms with Gasteiger partial charge in [0.15, 0.2) is 0 Å². The highest BCUT2D eigenvalue weighted by Gasteiger charge is 2.17. The van der Waals surface area contributed by atoms with Gasteiger partial charge in [-0.15, -0.1) is 0 Å². The molecule has 2 aromatic heterocycles. The molecule has 0 aliphatic rings. The number of furan rings is 1. The van der Waals surface area contributed by atoms with E-state index in [9.17, 15) is 5.11 Å². The maximum Gasteiger partial charge on any atom is 0.128 e. The van der Waals surface area contributed by atoms with Crippen molar-refractivity contribution in [1.29, 1.82) is 0 Å². The SMILES string of the molecule is COc1c(C)cnc(CC(O)c2ccoc2C)c1C. The molecule has 4 heteroatoms. The second-order valence-electron chi connectivity index (χ2n) is 4.70. The summed E-state index contributed by atoms with van der Waals surface area (Å²) in [5.41, 5.74) is 3.62. The molecule has 2 aromatic rings. The second-order valence-corrected chi connectivity index (χ2v) is 4.70. The largest absolute Gasteiger partial charge is 0.496 e. The van der Waals surface area contributed by atoms with E-state index in [-0.39, 0.29) is 0 Å². The van der Waals surface area contributed by atoms with Crippen molar-refractivity contribution in [2.75, 3.05) is 7.11 Å². The van der Waals surface area contributed by atoms with Crippen molar-refractivity contribution in [3.63, 3.8) is 0 Å². The summed E-state index contributed by atoms with van der Waals surface area (Å²) in [5, 5.41) is 10.3. The van der Waals surface area contributed by atoms with Crippen LogP contribution < -0.4 is 4.74 Å². The molecule has 102 valence electrons. The Kier molecular flexibility index (Phi) is 3.90. The number of methoxy groups -OCH3 is 1. The molecule has 0 aromatic carbocycles. The quantitative estimate of drug-likeness (QED) is 0.919. The van der Waals surface area contributed by atoms with Gasteiger partial charge in [-0.25, -0.2) is 0 Å². The molecule has 0 amide bonds. The van der Waals surface area contributed by atoms with Gasteiger partial charge in [0.1, 0.15) is 11.5 Å². The maximum absolute atomic E-state index is 10.3. The van der Waals surface area contributed by atoms with E-state index in [1.165, 1.54) is 0 Å². The standard InChI is InChI=1S/C15H19NO3/c1-9-8-16-13(10(2)15(9)18-4)7-14(17)12-5-6-19-11(12)3/h5-6,8,14,17H,7H2,1-4H3. The maximum atomic E-state index is 10.3. The molecular weight excluding hydrogens is 242 g/mol. The van der Waals surface area contributed by atoms with E-state index in [1.54, 1.807) is 25.6 Å². The highest BCUT2D eigenvalue weighted by molar-refractivity contribution is 5.41. The molecular formula is C15H19NO3. The third kappa shape index (κ3) is 2.63.